The van der Waals surface area contributed by atoms with Gasteiger partial charge in [-0.1, -0.05) is 78.9 Å². The van der Waals surface area contributed by atoms with Crippen molar-refractivity contribution < 1.29 is 14.6 Å². The predicted octanol–water partition coefficient (Wildman–Crippen LogP) is 2.80. The van der Waals surface area contributed by atoms with Gasteiger partial charge < -0.3 is 27.1 Å². The average Bonchev–Trinajstić information content (AvgIpc) is 3.39. The van der Waals surface area contributed by atoms with E-state index < -0.39 is 28.9 Å². The highest BCUT2D eigenvalue weighted by Gasteiger charge is 2.28. The van der Waals surface area contributed by atoms with Crippen LogP contribution >= 0.6 is 0 Å². The summed E-state index contributed by atoms with van der Waals surface area (Å²) in [6.45, 7) is 0.338. The minimum Gasteiger partial charge on any atom is -0.381 e. The van der Waals surface area contributed by atoms with Crippen LogP contribution in [0.25, 0.3) is 10.9 Å². The van der Waals surface area contributed by atoms with Gasteiger partial charge in [0.2, 0.25) is 11.8 Å². The van der Waals surface area contributed by atoms with Gasteiger partial charge >= 0.3 is 0 Å². The lowest BCUT2D eigenvalue weighted by molar-refractivity contribution is -0.485. The Morgan fingerprint density at radius 3 is 2.15 bits per heavy atom. The van der Waals surface area contributed by atoms with Gasteiger partial charge in [0.05, 0.1) is 17.1 Å². The van der Waals surface area contributed by atoms with E-state index in [0.717, 1.165) is 27.6 Å². The molecule has 0 radical (unpaired) electrons. The third-order valence-corrected chi connectivity index (χ3v) is 6.87. The molecule has 11 nitrogen and oxygen atoms in total. The Balaban J connectivity index is 1.50. The summed E-state index contributed by atoms with van der Waals surface area (Å²) >= 11 is 0. The Morgan fingerprint density at radius 1 is 0.902 bits per heavy atom. The number of nitrogens with one attached hydrogen (secondary N) is 3. The zero-order valence-electron chi connectivity index (χ0n) is 22.4. The van der Waals surface area contributed by atoms with Crippen LogP contribution in [0.2, 0.25) is 0 Å². The summed E-state index contributed by atoms with van der Waals surface area (Å²) in [4.78, 5) is 41.0. The standard InChI is InChI=1S/C30H33N7O4/c31-24(28(32)36-37(40)41)15-16-26(29(38)33-18-17-22-19-34-25-14-8-7-13-23(22)25)35-30(39)27(20-9-3-1-4-10-20)21-11-5-2-6-12-21/h1-14,19,24,26-27,34H,15-18,31H2,(H2,32,36)(H,33,38)(H,35,39). The zero-order valence-corrected chi connectivity index (χ0v) is 22.4. The Bertz CT molecular complexity index is 1470. The molecule has 0 saturated carbocycles. The molecule has 7 N–H and O–H groups in total. The lowest BCUT2D eigenvalue weighted by Gasteiger charge is -2.24. The molecule has 41 heavy (non-hydrogen) atoms. The number of aromatic nitrogens is 1. The van der Waals surface area contributed by atoms with E-state index in [4.69, 9.17) is 11.5 Å². The number of hydrazone groups is 1. The van der Waals surface area contributed by atoms with Crippen LogP contribution in [0.15, 0.2) is 96.2 Å². The molecule has 212 valence electrons. The van der Waals surface area contributed by atoms with Crippen LogP contribution < -0.4 is 22.1 Å². The number of nitrogens with zero attached hydrogens (tertiary/aromatic N) is 2. The largest absolute Gasteiger partial charge is 0.381 e. The van der Waals surface area contributed by atoms with Crippen molar-refractivity contribution >= 4 is 28.6 Å². The van der Waals surface area contributed by atoms with E-state index in [1.807, 2.05) is 91.1 Å². The second-order valence-corrected chi connectivity index (χ2v) is 9.66. The molecular weight excluding hydrogens is 522 g/mol. The van der Waals surface area contributed by atoms with Gasteiger partial charge in [0.15, 0.2) is 10.9 Å². The number of para-hydroxylation sites is 1. The lowest BCUT2D eigenvalue weighted by atomic mass is 9.90. The van der Waals surface area contributed by atoms with Gasteiger partial charge in [0.25, 0.3) is 0 Å². The maximum atomic E-state index is 13.7. The summed E-state index contributed by atoms with van der Waals surface area (Å²) < 4.78 is 0. The van der Waals surface area contributed by atoms with Crippen LogP contribution in [0.1, 0.15) is 35.4 Å². The molecule has 2 unspecified atom stereocenters. The van der Waals surface area contributed by atoms with E-state index in [1.54, 1.807) is 0 Å². The Kier molecular flexibility index (Phi) is 9.79. The molecule has 0 saturated heterocycles. The summed E-state index contributed by atoms with van der Waals surface area (Å²) in [5.74, 6) is -1.77. The van der Waals surface area contributed by atoms with Crippen LogP contribution in [-0.2, 0) is 16.0 Å². The number of carbonyl (C=O) groups is 2. The molecule has 0 aliphatic rings. The summed E-state index contributed by atoms with van der Waals surface area (Å²) in [5, 5.41) is 19.7. The number of amidine groups is 1. The SMILES string of the molecule is N/C(=N/[N+](=O)[O-])C(N)CCC(NC(=O)C(c1ccccc1)c1ccccc1)C(=O)NCCc1c[nH]c2ccccc12. The lowest BCUT2D eigenvalue weighted by Crippen LogP contribution is -2.49. The molecule has 0 bridgehead atoms. The number of fused-ring (bicyclic) bond motifs is 1. The second-order valence-electron chi connectivity index (χ2n) is 9.66. The fraction of sp³-hybridized carbons (Fsp3) is 0.233. The molecule has 4 rings (SSSR count). The summed E-state index contributed by atoms with van der Waals surface area (Å²) in [6, 6.07) is 24.5. The number of rotatable bonds is 13. The molecule has 1 aromatic heterocycles. The molecular formula is C30H33N7O4. The van der Waals surface area contributed by atoms with Crippen molar-refractivity contribution in [2.75, 3.05) is 6.54 Å². The molecule has 0 spiro atoms. The first kappa shape index (κ1) is 29.0. The number of amides is 2. The zero-order chi connectivity index (χ0) is 29.2. The summed E-state index contributed by atoms with van der Waals surface area (Å²) in [6.07, 6.45) is 2.67. The Labute approximate surface area is 237 Å². The highest BCUT2D eigenvalue weighted by atomic mass is 16.7. The predicted molar refractivity (Wildman–Crippen MR) is 157 cm³/mol. The fourth-order valence-electron chi connectivity index (χ4n) is 4.75. The van der Waals surface area contributed by atoms with E-state index in [9.17, 15) is 19.7 Å². The molecule has 2 amide bonds. The summed E-state index contributed by atoms with van der Waals surface area (Å²) in [7, 11) is 0. The van der Waals surface area contributed by atoms with E-state index in [2.05, 4.69) is 20.7 Å². The normalized spacial score (nSPS) is 13.1. The van der Waals surface area contributed by atoms with E-state index >= 15 is 0 Å². The quantitative estimate of drug-likeness (QED) is 0.0731. The Morgan fingerprint density at radius 2 is 1.51 bits per heavy atom. The van der Waals surface area contributed by atoms with Crippen LogP contribution in [-0.4, -0.2) is 46.3 Å². The van der Waals surface area contributed by atoms with E-state index in [1.165, 1.54) is 0 Å². The van der Waals surface area contributed by atoms with Crippen LogP contribution in [0.4, 0.5) is 0 Å². The van der Waals surface area contributed by atoms with Crippen LogP contribution in [0.3, 0.4) is 0 Å². The van der Waals surface area contributed by atoms with Gasteiger partial charge in [-0.3, -0.25) is 9.59 Å². The molecule has 0 aliphatic heterocycles. The third kappa shape index (κ3) is 7.76. The smallest absolute Gasteiger partial charge is 0.242 e. The van der Waals surface area contributed by atoms with Crippen molar-refractivity contribution in [2.24, 2.45) is 16.6 Å². The van der Waals surface area contributed by atoms with Gasteiger partial charge in [0.1, 0.15) is 6.04 Å². The van der Waals surface area contributed by atoms with Gasteiger partial charge in [0, 0.05) is 23.6 Å². The third-order valence-electron chi connectivity index (χ3n) is 6.87. The van der Waals surface area contributed by atoms with Gasteiger partial charge in [-0.05, 0) is 42.0 Å². The van der Waals surface area contributed by atoms with Crippen LogP contribution in [0, 0.1) is 10.1 Å². The highest BCUT2D eigenvalue weighted by Crippen LogP contribution is 2.25. The first-order chi connectivity index (χ1) is 19.8. The van der Waals surface area contributed by atoms with E-state index in [0.29, 0.717) is 13.0 Å². The van der Waals surface area contributed by atoms with Crippen molar-refractivity contribution in [3.8, 4) is 0 Å². The van der Waals surface area contributed by atoms with E-state index in [-0.39, 0.29) is 24.6 Å². The van der Waals surface area contributed by atoms with Crippen molar-refractivity contribution in [1.82, 2.24) is 15.6 Å². The maximum absolute atomic E-state index is 13.7. The molecule has 11 heteroatoms. The molecule has 0 fully saturated rings. The number of benzene rings is 3. The summed E-state index contributed by atoms with van der Waals surface area (Å²) in [5.41, 5.74) is 15.3. The van der Waals surface area contributed by atoms with Crippen molar-refractivity contribution in [2.45, 2.75) is 37.3 Å². The number of H-pyrrole nitrogens is 1. The number of nitrogens with two attached hydrogens (primary N) is 2. The van der Waals surface area contributed by atoms with Crippen molar-refractivity contribution in [1.29, 1.82) is 0 Å². The first-order valence-corrected chi connectivity index (χ1v) is 13.3. The molecule has 0 aliphatic carbocycles. The number of carbonyl (C=O) groups excluding carboxylic acids is 2. The van der Waals surface area contributed by atoms with Crippen LogP contribution in [0.5, 0.6) is 0 Å². The topological polar surface area (TPSA) is 182 Å². The number of hydrogen-bond donors (Lipinski definition) is 5. The van der Waals surface area contributed by atoms with Gasteiger partial charge in [-0.15, -0.1) is 0 Å². The molecule has 2 atom stereocenters. The molecule has 3 aromatic carbocycles. The van der Waals surface area contributed by atoms with Crippen molar-refractivity contribution in [3.63, 3.8) is 0 Å². The minimum atomic E-state index is -0.963. The molecule has 1 heterocycles. The van der Waals surface area contributed by atoms with Crippen molar-refractivity contribution in [3.05, 3.63) is 118 Å². The number of hydrogen-bond acceptors (Lipinski definition) is 5. The number of nitro groups is 1. The average molecular weight is 556 g/mol. The Hall–Kier alpha value is -5.03. The fourth-order valence-corrected chi connectivity index (χ4v) is 4.75. The highest BCUT2D eigenvalue weighted by molar-refractivity contribution is 5.92. The number of aromatic amines is 1. The first-order valence-electron chi connectivity index (χ1n) is 13.3. The van der Waals surface area contributed by atoms with Gasteiger partial charge in [-0.25, -0.2) is 10.1 Å². The van der Waals surface area contributed by atoms with Gasteiger partial charge in [-0.2, -0.15) is 0 Å². The minimum absolute atomic E-state index is 0.0886. The molecule has 4 aromatic rings. The maximum Gasteiger partial charge on any atom is 0.242 e. The monoisotopic (exact) mass is 555 g/mol. The second kappa shape index (κ2) is 13.9.